The summed E-state index contributed by atoms with van der Waals surface area (Å²) in [6.45, 7) is 1.92. The molecule has 1 atom stereocenters. The summed E-state index contributed by atoms with van der Waals surface area (Å²) >= 11 is 3.08. The Morgan fingerprint density at radius 1 is 1.15 bits per heavy atom. The molecule has 1 aromatic carbocycles. The van der Waals surface area contributed by atoms with Gasteiger partial charge in [0.1, 0.15) is 11.2 Å². The first-order valence-corrected chi connectivity index (χ1v) is 12.4. The first-order valence-electron chi connectivity index (χ1n) is 10.8. The summed E-state index contributed by atoms with van der Waals surface area (Å²) in [6.07, 6.45) is 3.04. The summed E-state index contributed by atoms with van der Waals surface area (Å²) in [5.41, 5.74) is 0.953. The number of amides is 2. The van der Waals surface area contributed by atoms with Gasteiger partial charge in [-0.2, -0.15) is 5.10 Å². The van der Waals surface area contributed by atoms with E-state index in [0.717, 1.165) is 24.7 Å². The van der Waals surface area contributed by atoms with Crippen molar-refractivity contribution in [2.45, 2.75) is 31.2 Å². The van der Waals surface area contributed by atoms with Gasteiger partial charge in [-0.05, 0) is 37.5 Å². The van der Waals surface area contributed by atoms with Crippen LogP contribution < -0.4 is 10.6 Å². The number of aliphatic carboxylic acids is 1. The number of nitrogens with one attached hydrogen (secondary N) is 2. The predicted octanol–water partition coefficient (Wildman–Crippen LogP) is 5.10. The van der Waals surface area contributed by atoms with Gasteiger partial charge in [0, 0.05) is 21.3 Å². The number of hydrogen-bond acceptors (Lipinski definition) is 5. The molecule has 0 aliphatic heterocycles. The lowest BCUT2D eigenvalue weighted by molar-refractivity contribution is -0.139. The van der Waals surface area contributed by atoms with Gasteiger partial charge in [-0.25, -0.2) is 4.79 Å². The molecule has 172 valence electrons. The summed E-state index contributed by atoms with van der Waals surface area (Å²) in [7, 11) is 1.75. The molecule has 3 N–H and O–H groups in total. The van der Waals surface area contributed by atoms with Crippen LogP contribution in [-0.4, -0.2) is 26.9 Å². The standard InChI is InChI=1S/C25H22N4O3S2/c1-15(16-6-4-3-5-7-16)27-24(32)28-22-17(14-26-29(22)2)8-9-18-12-19-20(33-18)13-21(34-19)25(10-11-25)23(30)31/h3-7,12-15H,10-11H2,1-2H3,(H,30,31)(H2,27,28,32). The second-order valence-corrected chi connectivity index (χ2v) is 10.5. The van der Waals surface area contributed by atoms with Crippen LogP contribution in [0.25, 0.3) is 9.40 Å². The Morgan fingerprint density at radius 3 is 2.56 bits per heavy atom. The van der Waals surface area contributed by atoms with Gasteiger partial charge in [0.15, 0.2) is 0 Å². The van der Waals surface area contributed by atoms with E-state index in [4.69, 9.17) is 0 Å². The molecule has 3 heterocycles. The molecule has 0 spiro atoms. The van der Waals surface area contributed by atoms with E-state index in [9.17, 15) is 14.7 Å². The van der Waals surface area contributed by atoms with E-state index in [1.165, 1.54) is 11.3 Å². The minimum Gasteiger partial charge on any atom is -0.481 e. The number of aryl methyl sites for hydroxylation is 1. The molecular formula is C25H22N4O3S2. The molecule has 1 fully saturated rings. The summed E-state index contributed by atoms with van der Waals surface area (Å²) in [5, 5.41) is 19.5. The van der Waals surface area contributed by atoms with Gasteiger partial charge in [0.2, 0.25) is 0 Å². The lowest BCUT2D eigenvalue weighted by atomic mass is 10.1. The molecule has 5 rings (SSSR count). The van der Waals surface area contributed by atoms with E-state index >= 15 is 0 Å². The van der Waals surface area contributed by atoms with Crippen molar-refractivity contribution in [1.82, 2.24) is 15.1 Å². The second-order valence-electron chi connectivity index (χ2n) is 8.35. The van der Waals surface area contributed by atoms with Crippen molar-refractivity contribution in [2.24, 2.45) is 7.05 Å². The zero-order chi connectivity index (χ0) is 23.9. The van der Waals surface area contributed by atoms with Crippen LogP contribution in [0, 0.1) is 11.8 Å². The average Bonchev–Trinajstić information content (AvgIpc) is 3.26. The lowest BCUT2D eigenvalue weighted by Gasteiger charge is -2.15. The molecule has 7 nitrogen and oxygen atoms in total. The zero-order valence-corrected chi connectivity index (χ0v) is 20.2. The monoisotopic (exact) mass is 490 g/mol. The Labute approximate surface area is 204 Å². The summed E-state index contributed by atoms with van der Waals surface area (Å²) < 4.78 is 3.68. The first-order chi connectivity index (χ1) is 16.4. The summed E-state index contributed by atoms with van der Waals surface area (Å²) in [5.74, 6) is 6.05. The van der Waals surface area contributed by atoms with E-state index in [1.807, 2.05) is 49.4 Å². The summed E-state index contributed by atoms with van der Waals surface area (Å²) in [6, 6.07) is 13.2. The van der Waals surface area contributed by atoms with E-state index in [2.05, 4.69) is 27.6 Å². The van der Waals surface area contributed by atoms with Crippen molar-refractivity contribution in [3.8, 4) is 11.8 Å². The molecule has 1 aliphatic rings. The van der Waals surface area contributed by atoms with Crippen LogP contribution in [0.3, 0.4) is 0 Å². The van der Waals surface area contributed by atoms with Crippen LogP contribution >= 0.6 is 22.7 Å². The molecule has 9 heteroatoms. The maximum Gasteiger partial charge on any atom is 0.320 e. The van der Waals surface area contributed by atoms with Crippen molar-refractivity contribution >= 4 is 49.9 Å². The number of carbonyl (C=O) groups excluding carboxylic acids is 1. The molecule has 0 bridgehead atoms. The van der Waals surface area contributed by atoms with Crippen molar-refractivity contribution < 1.29 is 14.7 Å². The van der Waals surface area contributed by atoms with Gasteiger partial charge < -0.3 is 10.4 Å². The third kappa shape index (κ3) is 4.18. The molecule has 0 radical (unpaired) electrons. The van der Waals surface area contributed by atoms with Gasteiger partial charge in [0.25, 0.3) is 0 Å². The van der Waals surface area contributed by atoms with Crippen LogP contribution in [0.5, 0.6) is 0 Å². The number of benzene rings is 1. The highest BCUT2D eigenvalue weighted by Crippen LogP contribution is 2.52. The number of carboxylic acids is 1. The molecule has 2 amide bonds. The minimum atomic E-state index is -0.736. The van der Waals surface area contributed by atoms with Crippen LogP contribution in [-0.2, 0) is 17.3 Å². The zero-order valence-electron chi connectivity index (χ0n) is 18.6. The highest BCUT2D eigenvalue weighted by atomic mass is 32.1. The first kappa shape index (κ1) is 22.2. The molecule has 1 aliphatic carbocycles. The number of carboxylic acid groups (broad SMARTS) is 1. The van der Waals surface area contributed by atoms with Gasteiger partial charge in [0.05, 0.1) is 22.7 Å². The van der Waals surface area contributed by atoms with Gasteiger partial charge in [-0.1, -0.05) is 42.2 Å². The van der Waals surface area contributed by atoms with Crippen molar-refractivity contribution in [3.05, 3.63) is 69.5 Å². The fraction of sp³-hybridized carbons (Fsp3) is 0.240. The Morgan fingerprint density at radius 2 is 1.88 bits per heavy atom. The number of thiophene rings is 2. The van der Waals surface area contributed by atoms with E-state index in [0.29, 0.717) is 24.2 Å². The Kier molecular flexibility index (Phi) is 5.63. The molecule has 1 unspecified atom stereocenters. The quantitative estimate of drug-likeness (QED) is 0.339. The van der Waals surface area contributed by atoms with Crippen molar-refractivity contribution in [3.63, 3.8) is 0 Å². The van der Waals surface area contributed by atoms with Gasteiger partial charge in [-0.15, -0.1) is 22.7 Å². The Bertz CT molecular complexity index is 1420. The van der Waals surface area contributed by atoms with E-state index < -0.39 is 11.4 Å². The van der Waals surface area contributed by atoms with E-state index in [-0.39, 0.29) is 12.1 Å². The number of rotatable bonds is 5. The van der Waals surface area contributed by atoms with Gasteiger partial charge >= 0.3 is 12.0 Å². The molecule has 0 saturated heterocycles. The largest absolute Gasteiger partial charge is 0.481 e. The Balaban J connectivity index is 1.30. The third-order valence-corrected chi connectivity index (χ3v) is 8.39. The fourth-order valence-corrected chi connectivity index (χ4v) is 6.28. The maximum absolute atomic E-state index is 12.6. The van der Waals surface area contributed by atoms with Crippen LogP contribution in [0.15, 0.2) is 48.7 Å². The average molecular weight is 491 g/mol. The van der Waals surface area contributed by atoms with Crippen LogP contribution in [0.2, 0.25) is 0 Å². The molecular weight excluding hydrogens is 468 g/mol. The number of aromatic nitrogens is 2. The lowest BCUT2D eigenvalue weighted by Crippen LogP contribution is -2.32. The number of fused-ring (bicyclic) bond motifs is 1. The SMILES string of the molecule is CC(NC(=O)Nc1c(C#Cc2cc3sc(C4(C(=O)O)CC4)cc3s2)cnn1C)c1ccccc1. The minimum absolute atomic E-state index is 0.149. The van der Waals surface area contributed by atoms with Crippen molar-refractivity contribution in [1.29, 1.82) is 0 Å². The topological polar surface area (TPSA) is 96.2 Å². The third-order valence-electron chi connectivity index (χ3n) is 5.98. The molecule has 4 aromatic rings. The number of urea groups is 1. The number of carbonyl (C=O) groups is 2. The molecule has 1 saturated carbocycles. The second kappa shape index (κ2) is 8.63. The number of nitrogens with zero attached hydrogens (tertiary/aromatic N) is 2. The summed E-state index contributed by atoms with van der Waals surface area (Å²) in [4.78, 5) is 26.0. The number of hydrogen-bond donors (Lipinski definition) is 3. The predicted molar refractivity (Wildman–Crippen MR) is 134 cm³/mol. The van der Waals surface area contributed by atoms with Crippen molar-refractivity contribution in [2.75, 3.05) is 5.32 Å². The fourth-order valence-electron chi connectivity index (χ4n) is 3.80. The highest BCUT2D eigenvalue weighted by molar-refractivity contribution is 7.28. The van der Waals surface area contributed by atoms with Gasteiger partial charge in [-0.3, -0.25) is 14.8 Å². The van der Waals surface area contributed by atoms with Crippen LogP contribution in [0.4, 0.5) is 10.6 Å². The maximum atomic E-state index is 12.6. The van der Waals surface area contributed by atoms with E-state index in [1.54, 1.807) is 29.3 Å². The smallest absolute Gasteiger partial charge is 0.320 e. The highest BCUT2D eigenvalue weighted by Gasteiger charge is 2.53. The molecule has 34 heavy (non-hydrogen) atoms. The normalized spacial score (nSPS) is 14.8. The molecule has 3 aromatic heterocycles. The number of anilines is 1. The van der Waals surface area contributed by atoms with Crippen LogP contribution in [0.1, 0.15) is 46.7 Å². The Hall–Kier alpha value is -3.61.